The van der Waals surface area contributed by atoms with Crippen LogP contribution in [0.4, 0.5) is 5.82 Å². The predicted molar refractivity (Wildman–Crippen MR) is 107 cm³/mol. The molecule has 2 heterocycles. The van der Waals surface area contributed by atoms with E-state index in [1.807, 2.05) is 13.0 Å². The Labute approximate surface area is 163 Å². The maximum Gasteiger partial charge on any atom is 0.220 e. The van der Waals surface area contributed by atoms with E-state index < -0.39 is 0 Å². The Bertz CT molecular complexity index is 550. The molecule has 1 aliphatic carbocycles. The number of nitrogens with one attached hydrogen (secondary N) is 1. The number of hydrogen-bond donors (Lipinski definition) is 2. The van der Waals surface area contributed by atoms with Crippen molar-refractivity contribution in [2.75, 3.05) is 18.0 Å². The number of anilines is 1. The van der Waals surface area contributed by atoms with E-state index in [9.17, 15) is 4.79 Å². The minimum absolute atomic E-state index is 0. The van der Waals surface area contributed by atoms with Crippen molar-refractivity contribution < 1.29 is 4.79 Å². The maximum atomic E-state index is 12.2. The van der Waals surface area contributed by atoms with Crippen molar-refractivity contribution in [1.82, 2.24) is 10.3 Å². The fourth-order valence-corrected chi connectivity index (χ4v) is 3.80. The summed E-state index contributed by atoms with van der Waals surface area (Å²) in [6, 6.07) is 6.64. The lowest BCUT2D eigenvalue weighted by Gasteiger charge is -2.33. The smallest absolute Gasteiger partial charge is 0.220 e. The van der Waals surface area contributed by atoms with Gasteiger partial charge in [0.25, 0.3) is 0 Å². The van der Waals surface area contributed by atoms with Crippen LogP contribution in [0.2, 0.25) is 0 Å². The summed E-state index contributed by atoms with van der Waals surface area (Å²) in [6.45, 7) is 3.92. The molecule has 1 amide bonds. The van der Waals surface area contributed by atoms with Crippen LogP contribution in [0.5, 0.6) is 0 Å². The normalized spacial score (nSPS) is 23.5. The number of pyridine rings is 1. The van der Waals surface area contributed by atoms with E-state index in [0.717, 1.165) is 50.3 Å². The zero-order valence-electron chi connectivity index (χ0n) is 14.8. The molecule has 3 N–H and O–H groups in total. The van der Waals surface area contributed by atoms with Gasteiger partial charge in [-0.25, -0.2) is 4.98 Å². The number of aryl methyl sites for hydroxylation is 1. The van der Waals surface area contributed by atoms with Crippen molar-refractivity contribution >= 4 is 36.5 Å². The molecule has 7 heteroatoms. The molecule has 2 aliphatic rings. The van der Waals surface area contributed by atoms with Crippen LogP contribution in [0.25, 0.3) is 0 Å². The molecule has 1 aromatic heterocycles. The van der Waals surface area contributed by atoms with Crippen LogP contribution in [0, 0.1) is 12.8 Å². The standard InChI is InChI=1S/C18H28N4O.2ClH/c1-13-4-2-7-17(20-13)22-10-8-15(9-11-22)21-18(23)12-14-5-3-6-16(14)19;;/h2,4,7,14-16H,3,5-6,8-12,19H2,1H3,(H,21,23);2*1H/t14-,16+;;/m0../s1. The summed E-state index contributed by atoms with van der Waals surface area (Å²) in [5, 5.41) is 3.21. The first-order valence-electron chi connectivity index (χ1n) is 8.85. The van der Waals surface area contributed by atoms with Gasteiger partial charge in [0.2, 0.25) is 5.91 Å². The highest BCUT2D eigenvalue weighted by molar-refractivity contribution is 5.85. The van der Waals surface area contributed by atoms with E-state index in [-0.39, 0.29) is 36.8 Å². The number of rotatable bonds is 4. The Morgan fingerprint density at radius 1 is 1.24 bits per heavy atom. The quantitative estimate of drug-likeness (QED) is 0.831. The molecular formula is C18H30Cl2N4O. The molecular weight excluding hydrogens is 359 g/mol. The number of aromatic nitrogens is 1. The fourth-order valence-electron chi connectivity index (χ4n) is 3.80. The van der Waals surface area contributed by atoms with Gasteiger partial charge in [-0.15, -0.1) is 24.8 Å². The predicted octanol–water partition coefficient (Wildman–Crippen LogP) is 2.84. The molecule has 0 radical (unpaired) electrons. The molecule has 1 aromatic rings. The van der Waals surface area contributed by atoms with Crippen molar-refractivity contribution in [3.63, 3.8) is 0 Å². The van der Waals surface area contributed by atoms with Gasteiger partial charge in [0, 0.05) is 37.3 Å². The Morgan fingerprint density at radius 3 is 2.56 bits per heavy atom. The summed E-state index contributed by atoms with van der Waals surface area (Å²) >= 11 is 0. The summed E-state index contributed by atoms with van der Waals surface area (Å²) in [5.41, 5.74) is 7.11. The highest BCUT2D eigenvalue weighted by atomic mass is 35.5. The van der Waals surface area contributed by atoms with Crippen LogP contribution in [0.3, 0.4) is 0 Å². The van der Waals surface area contributed by atoms with Gasteiger partial charge in [0.1, 0.15) is 5.82 Å². The average molecular weight is 389 g/mol. The first-order chi connectivity index (χ1) is 11.1. The Morgan fingerprint density at radius 2 is 1.96 bits per heavy atom. The van der Waals surface area contributed by atoms with Gasteiger partial charge in [-0.05, 0) is 50.7 Å². The third-order valence-corrected chi connectivity index (χ3v) is 5.22. The molecule has 1 saturated carbocycles. The minimum atomic E-state index is 0. The maximum absolute atomic E-state index is 12.2. The molecule has 0 aromatic carbocycles. The number of piperidine rings is 1. The van der Waals surface area contributed by atoms with E-state index in [0.29, 0.717) is 18.4 Å². The van der Waals surface area contributed by atoms with E-state index in [4.69, 9.17) is 5.73 Å². The molecule has 5 nitrogen and oxygen atoms in total. The lowest BCUT2D eigenvalue weighted by Crippen LogP contribution is -2.45. The van der Waals surface area contributed by atoms with Gasteiger partial charge in [0.05, 0.1) is 0 Å². The van der Waals surface area contributed by atoms with Crippen molar-refractivity contribution in [2.24, 2.45) is 11.7 Å². The van der Waals surface area contributed by atoms with E-state index in [1.165, 1.54) is 6.42 Å². The number of carbonyl (C=O) groups is 1. The van der Waals surface area contributed by atoms with E-state index >= 15 is 0 Å². The van der Waals surface area contributed by atoms with Gasteiger partial charge in [-0.1, -0.05) is 12.5 Å². The van der Waals surface area contributed by atoms with Crippen LogP contribution in [-0.2, 0) is 4.79 Å². The Kier molecular flexibility index (Phi) is 8.97. The third kappa shape index (κ3) is 6.01. The second kappa shape index (κ2) is 10.2. The number of amides is 1. The summed E-state index contributed by atoms with van der Waals surface area (Å²) in [6.07, 6.45) is 5.91. The number of hydrogen-bond acceptors (Lipinski definition) is 4. The van der Waals surface area contributed by atoms with Crippen LogP contribution < -0.4 is 16.0 Å². The van der Waals surface area contributed by atoms with Crippen molar-refractivity contribution in [1.29, 1.82) is 0 Å². The lowest BCUT2D eigenvalue weighted by atomic mass is 9.98. The van der Waals surface area contributed by atoms with Gasteiger partial charge in [-0.3, -0.25) is 4.79 Å². The van der Waals surface area contributed by atoms with Gasteiger partial charge < -0.3 is 16.0 Å². The monoisotopic (exact) mass is 388 g/mol. The molecule has 25 heavy (non-hydrogen) atoms. The number of nitrogens with two attached hydrogens (primary N) is 1. The van der Waals surface area contributed by atoms with Crippen LogP contribution in [0.1, 0.15) is 44.2 Å². The highest BCUT2D eigenvalue weighted by Crippen LogP contribution is 2.27. The second-order valence-electron chi connectivity index (χ2n) is 7.02. The van der Waals surface area contributed by atoms with Crippen LogP contribution in [0.15, 0.2) is 18.2 Å². The second-order valence-corrected chi connectivity index (χ2v) is 7.02. The minimum Gasteiger partial charge on any atom is -0.356 e. The van der Waals surface area contributed by atoms with E-state index in [2.05, 4.69) is 27.3 Å². The number of halogens is 2. The van der Waals surface area contributed by atoms with Gasteiger partial charge >= 0.3 is 0 Å². The summed E-state index contributed by atoms with van der Waals surface area (Å²) in [7, 11) is 0. The molecule has 0 spiro atoms. The Hall–Kier alpha value is -1.04. The molecule has 3 rings (SSSR count). The molecule has 2 fully saturated rings. The zero-order chi connectivity index (χ0) is 16.2. The van der Waals surface area contributed by atoms with Gasteiger partial charge in [0.15, 0.2) is 0 Å². The highest BCUT2D eigenvalue weighted by Gasteiger charge is 2.27. The molecule has 142 valence electrons. The van der Waals surface area contributed by atoms with Gasteiger partial charge in [-0.2, -0.15) is 0 Å². The topological polar surface area (TPSA) is 71.2 Å². The molecule has 1 saturated heterocycles. The van der Waals surface area contributed by atoms with Crippen molar-refractivity contribution in [3.05, 3.63) is 23.9 Å². The zero-order valence-corrected chi connectivity index (χ0v) is 16.5. The first-order valence-corrected chi connectivity index (χ1v) is 8.85. The SMILES string of the molecule is Cc1cccc(N2CCC(NC(=O)C[C@@H]3CCC[C@H]3N)CC2)n1.Cl.Cl. The first kappa shape index (κ1) is 22.0. The Balaban J connectivity index is 0.00000156. The molecule has 2 atom stereocenters. The average Bonchev–Trinajstić information content (AvgIpc) is 2.93. The third-order valence-electron chi connectivity index (χ3n) is 5.22. The van der Waals surface area contributed by atoms with E-state index in [1.54, 1.807) is 0 Å². The molecule has 1 aliphatic heterocycles. The van der Waals surface area contributed by atoms with Crippen LogP contribution in [-0.4, -0.2) is 36.1 Å². The molecule has 0 bridgehead atoms. The largest absolute Gasteiger partial charge is 0.356 e. The summed E-state index contributed by atoms with van der Waals surface area (Å²) in [4.78, 5) is 19.1. The fraction of sp³-hybridized carbons (Fsp3) is 0.667. The summed E-state index contributed by atoms with van der Waals surface area (Å²) < 4.78 is 0. The molecule has 0 unspecified atom stereocenters. The van der Waals surface area contributed by atoms with Crippen LogP contribution >= 0.6 is 24.8 Å². The number of nitrogens with zero attached hydrogens (tertiary/aromatic N) is 2. The van der Waals surface area contributed by atoms with Crippen molar-refractivity contribution in [2.45, 2.75) is 57.5 Å². The lowest BCUT2D eigenvalue weighted by molar-refractivity contribution is -0.122. The van der Waals surface area contributed by atoms with Crippen molar-refractivity contribution in [3.8, 4) is 0 Å². The number of carbonyl (C=O) groups excluding carboxylic acids is 1. The summed E-state index contributed by atoms with van der Waals surface area (Å²) in [5.74, 6) is 1.61.